The summed E-state index contributed by atoms with van der Waals surface area (Å²) in [6.45, 7) is 1.61. The van der Waals surface area contributed by atoms with Gasteiger partial charge in [0.25, 0.3) is 5.91 Å². The van der Waals surface area contributed by atoms with Gasteiger partial charge in [-0.15, -0.1) is 0 Å². The van der Waals surface area contributed by atoms with Gasteiger partial charge < -0.3 is 15.8 Å². The molecule has 1 atom stereocenters. The number of pyridine rings is 1. The highest BCUT2D eigenvalue weighted by Crippen LogP contribution is 2.30. The fourth-order valence-electron chi connectivity index (χ4n) is 2.78. The molecule has 0 radical (unpaired) electrons. The second-order valence-corrected chi connectivity index (χ2v) is 9.24. The zero-order valence-corrected chi connectivity index (χ0v) is 18.2. The van der Waals surface area contributed by atoms with Crippen molar-refractivity contribution >= 4 is 38.9 Å². The van der Waals surface area contributed by atoms with Crippen LogP contribution < -0.4 is 15.8 Å². The first-order valence-corrected chi connectivity index (χ1v) is 11.3. The van der Waals surface area contributed by atoms with Gasteiger partial charge in [0.1, 0.15) is 11.9 Å². The van der Waals surface area contributed by atoms with Crippen LogP contribution in [0.15, 0.2) is 59.6 Å². The third kappa shape index (κ3) is 5.50. The highest BCUT2D eigenvalue weighted by atomic mass is 35.5. The van der Waals surface area contributed by atoms with E-state index in [1.165, 1.54) is 54.7 Å². The fourth-order valence-corrected chi connectivity index (χ4v) is 3.60. The van der Waals surface area contributed by atoms with Crippen LogP contribution in [0.4, 0.5) is 15.9 Å². The van der Waals surface area contributed by atoms with Gasteiger partial charge >= 0.3 is 0 Å². The van der Waals surface area contributed by atoms with Crippen LogP contribution in [0.1, 0.15) is 28.9 Å². The maximum absolute atomic E-state index is 14.4. The Labute approximate surface area is 183 Å². The van der Waals surface area contributed by atoms with Crippen molar-refractivity contribution < 1.29 is 22.3 Å². The largest absolute Gasteiger partial charge is 0.482 e. The number of nitrogens with two attached hydrogens (primary N) is 1. The molecular weight excluding hydrogens is 445 g/mol. The Balaban J connectivity index is 1.82. The summed E-state index contributed by atoms with van der Waals surface area (Å²) in [6.07, 6.45) is 1.65. The Morgan fingerprint density at radius 3 is 2.68 bits per heavy atom. The minimum atomic E-state index is -3.46. The van der Waals surface area contributed by atoms with Crippen LogP contribution in [-0.4, -0.2) is 25.6 Å². The Bertz CT molecular complexity index is 1250. The van der Waals surface area contributed by atoms with E-state index in [9.17, 15) is 17.6 Å². The maximum atomic E-state index is 14.4. The number of anilines is 2. The first-order chi connectivity index (χ1) is 14.5. The number of rotatable bonds is 6. The third-order valence-corrected chi connectivity index (χ3v) is 5.69. The molecule has 1 aromatic heterocycles. The molecule has 1 amide bonds. The van der Waals surface area contributed by atoms with E-state index in [2.05, 4.69) is 10.3 Å². The van der Waals surface area contributed by atoms with E-state index in [-0.39, 0.29) is 27.6 Å². The molecule has 1 heterocycles. The molecule has 0 aliphatic rings. The average Bonchev–Trinajstić information content (AvgIpc) is 2.71. The molecule has 0 bridgehead atoms. The quantitative estimate of drug-likeness (QED) is 0.565. The smallest absolute Gasteiger partial charge is 0.255 e. The lowest BCUT2D eigenvalue weighted by Crippen LogP contribution is -2.14. The number of benzene rings is 2. The Morgan fingerprint density at radius 2 is 1.97 bits per heavy atom. The van der Waals surface area contributed by atoms with Gasteiger partial charge in [0, 0.05) is 35.3 Å². The lowest BCUT2D eigenvalue weighted by atomic mass is 10.1. The predicted octanol–water partition coefficient (Wildman–Crippen LogP) is 4.25. The molecule has 0 saturated carbocycles. The monoisotopic (exact) mass is 463 g/mol. The first-order valence-electron chi connectivity index (χ1n) is 9.03. The van der Waals surface area contributed by atoms with E-state index in [4.69, 9.17) is 22.1 Å². The number of halogens is 2. The average molecular weight is 464 g/mol. The molecule has 0 aliphatic heterocycles. The van der Waals surface area contributed by atoms with Crippen molar-refractivity contribution in [2.24, 2.45) is 0 Å². The number of carbonyl (C=O) groups excluding carboxylic acids is 1. The molecule has 2 aromatic carbocycles. The van der Waals surface area contributed by atoms with Crippen LogP contribution in [0.2, 0.25) is 5.02 Å². The Morgan fingerprint density at radius 1 is 1.23 bits per heavy atom. The van der Waals surface area contributed by atoms with E-state index in [1.807, 2.05) is 0 Å². The summed E-state index contributed by atoms with van der Waals surface area (Å²) in [7, 11) is -3.46. The predicted molar refractivity (Wildman–Crippen MR) is 117 cm³/mol. The maximum Gasteiger partial charge on any atom is 0.255 e. The first kappa shape index (κ1) is 22.5. The van der Waals surface area contributed by atoms with Gasteiger partial charge in [0.05, 0.1) is 9.92 Å². The second-order valence-electron chi connectivity index (χ2n) is 6.79. The summed E-state index contributed by atoms with van der Waals surface area (Å²) in [5, 5.41) is 2.94. The van der Waals surface area contributed by atoms with Gasteiger partial charge in [0.2, 0.25) is 0 Å². The molecule has 162 valence electrons. The summed E-state index contributed by atoms with van der Waals surface area (Å²) in [4.78, 5) is 16.5. The van der Waals surface area contributed by atoms with Gasteiger partial charge in [-0.3, -0.25) is 4.79 Å². The molecule has 10 heteroatoms. The van der Waals surface area contributed by atoms with Gasteiger partial charge in [-0.2, -0.15) is 0 Å². The zero-order valence-electron chi connectivity index (χ0n) is 16.6. The summed E-state index contributed by atoms with van der Waals surface area (Å²) in [5.41, 5.74) is 6.39. The molecule has 0 fully saturated rings. The molecule has 7 nitrogen and oxygen atoms in total. The zero-order chi connectivity index (χ0) is 22.8. The lowest BCUT2D eigenvalue weighted by molar-refractivity contribution is 0.102. The number of aromatic nitrogens is 1. The minimum Gasteiger partial charge on any atom is -0.482 e. The fraction of sp³-hybridized carbons (Fsp3) is 0.143. The number of carbonyl (C=O) groups is 1. The van der Waals surface area contributed by atoms with Gasteiger partial charge in [-0.25, -0.2) is 17.8 Å². The molecule has 0 aliphatic carbocycles. The van der Waals surface area contributed by atoms with Crippen LogP contribution in [0.25, 0.3) is 0 Å². The van der Waals surface area contributed by atoms with E-state index in [0.717, 1.165) is 6.26 Å². The SMILES string of the molecule is C[C@@H](Oc1cc(Cl)cnc1N)c1cc(NC(=O)c2cccc(S(C)(=O)=O)c2)ccc1F. The van der Waals surface area contributed by atoms with E-state index >= 15 is 0 Å². The number of hydrogen-bond donors (Lipinski definition) is 2. The number of nitrogens with zero attached hydrogens (tertiary/aromatic N) is 1. The summed E-state index contributed by atoms with van der Waals surface area (Å²) < 4.78 is 43.5. The number of ether oxygens (including phenoxy) is 1. The topological polar surface area (TPSA) is 111 Å². The molecule has 3 rings (SSSR count). The Hall–Kier alpha value is -3.17. The van der Waals surface area contributed by atoms with Crippen molar-refractivity contribution in [3.8, 4) is 5.75 Å². The molecule has 0 spiro atoms. The van der Waals surface area contributed by atoms with Crippen LogP contribution in [0.3, 0.4) is 0 Å². The summed E-state index contributed by atoms with van der Waals surface area (Å²) in [5.74, 6) is -0.781. The van der Waals surface area contributed by atoms with Crippen molar-refractivity contribution in [1.82, 2.24) is 4.98 Å². The number of nitrogens with one attached hydrogen (secondary N) is 1. The van der Waals surface area contributed by atoms with Gasteiger partial charge in [-0.05, 0) is 43.3 Å². The van der Waals surface area contributed by atoms with Gasteiger partial charge in [0.15, 0.2) is 21.4 Å². The highest BCUT2D eigenvalue weighted by molar-refractivity contribution is 7.90. The molecular formula is C21H19ClFN3O4S. The highest BCUT2D eigenvalue weighted by Gasteiger charge is 2.17. The van der Waals surface area contributed by atoms with Crippen LogP contribution in [-0.2, 0) is 9.84 Å². The summed E-state index contributed by atoms with van der Waals surface area (Å²) >= 11 is 5.90. The van der Waals surface area contributed by atoms with Gasteiger partial charge in [-0.1, -0.05) is 17.7 Å². The number of nitrogen functional groups attached to an aromatic ring is 1. The van der Waals surface area contributed by atoms with Crippen molar-refractivity contribution in [3.05, 3.63) is 76.7 Å². The normalized spacial score (nSPS) is 12.3. The van der Waals surface area contributed by atoms with Crippen LogP contribution >= 0.6 is 11.6 Å². The van der Waals surface area contributed by atoms with E-state index in [0.29, 0.717) is 10.7 Å². The number of hydrogen-bond acceptors (Lipinski definition) is 6. The van der Waals surface area contributed by atoms with Crippen LogP contribution in [0.5, 0.6) is 5.75 Å². The number of amides is 1. The van der Waals surface area contributed by atoms with Crippen LogP contribution in [0, 0.1) is 5.82 Å². The standard InChI is InChI=1S/C21H19ClFN3O4S/c1-12(30-19-9-14(22)11-25-20(19)24)17-10-15(6-7-18(17)23)26-21(27)13-4-3-5-16(8-13)31(2,28)29/h3-12H,1-2H3,(H2,24,25)(H,26,27)/t12-/m1/s1. The second kappa shape index (κ2) is 8.91. The van der Waals surface area contributed by atoms with E-state index < -0.39 is 27.7 Å². The molecule has 3 N–H and O–H groups in total. The number of sulfone groups is 1. The molecule has 31 heavy (non-hydrogen) atoms. The van der Waals surface area contributed by atoms with Crippen molar-refractivity contribution in [3.63, 3.8) is 0 Å². The molecule has 0 unspecified atom stereocenters. The lowest BCUT2D eigenvalue weighted by Gasteiger charge is -2.18. The summed E-state index contributed by atoms with van der Waals surface area (Å²) in [6, 6.07) is 11.1. The third-order valence-electron chi connectivity index (χ3n) is 4.37. The molecule has 0 saturated heterocycles. The van der Waals surface area contributed by atoms with E-state index in [1.54, 1.807) is 6.92 Å². The Kier molecular flexibility index (Phi) is 6.47. The minimum absolute atomic E-state index is 0.0229. The molecule has 3 aromatic rings. The van der Waals surface area contributed by atoms with Crippen molar-refractivity contribution in [2.75, 3.05) is 17.3 Å². The van der Waals surface area contributed by atoms with Crippen molar-refractivity contribution in [1.29, 1.82) is 0 Å². The van der Waals surface area contributed by atoms with Crippen molar-refractivity contribution in [2.45, 2.75) is 17.9 Å².